The standard InChI is InChI=1S/C14H18N2O4/c1-18-7-4-8-19-9-10-20-14-12(11-17)16-6-3-2-5-13(16)15-14/h2-3,5-6,11H,4,7-10H2,1H3. The number of fused-ring (bicyclic) bond motifs is 1. The smallest absolute Gasteiger partial charge is 0.243 e. The Labute approximate surface area is 117 Å². The zero-order chi connectivity index (χ0) is 14.2. The first-order valence-electron chi connectivity index (χ1n) is 6.48. The molecule has 0 bridgehead atoms. The van der Waals surface area contributed by atoms with Crippen molar-refractivity contribution in [1.29, 1.82) is 0 Å². The van der Waals surface area contributed by atoms with Crippen molar-refractivity contribution in [3.8, 4) is 5.88 Å². The maximum Gasteiger partial charge on any atom is 0.243 e. The Bertz CT molecular complexity index is 553. The Hall–Kier alpha value is -1.92. The van der Waals surface area contributed by atoms with E-state index in [1.807, 2.05) is 18.2 Å². The molecule has 0 atom stereocenters. The Kier molecular flexibility index (Phi) is 5.52. The second-order valence-electron chi connectivity index (χ2n) is 4.16. The molecule has 0 amide bonds. The second-order valence-corrected chi connectivity index (χ2v) is 4.16. The number of carbonyl (C=O) groups excluding carboxylic acids is 1. The molecule has 20 heavy (non-hydrogen) atoms. The van der Waals surface area contributed by atoms with Crippen molar-refractivity contribution in [3.63, 3.8) is 0 Å². The summed E-state index contributed by atoms with van der Waals surface area (Å²) in [5.41, 5.74) is 1.10. The van der Waals surface area contributed by atoms with Gasteiger partial charge in [-0.05, 0) is 18.6 Å². The number of pyridine rings is 1. The minimum Gasteiger partial charge on any atom is -0.474 e. The number of hydrogen-bond donors (Lipinski definition) is 0. The third-order valence-corrected chi connectivity index (χ3v) is 2.75. The summed E-state index contributed by atoms with van der Waals surface area (Å²) in [5, 5.41) is 0. The first kappa shape index (κ1) is 14.5. The molecule has 0 saturated heterocycles. The lowest BCUT2D eigenvalue weighted by Crippen LogP contribution is -2.09. The number of methoxy groups -OCH3 is 1. The van der Waals surface area contributed by atoms with Crippen LogP contribution in [0, 0.1) is 0 Å². The Morgan fingerprint density at radius 1 is 1.25 bits per heavy atom. The van der Waals surface area contributed by atoms with Crippen molar-refractivity contribution in [2.45, 2.75) is 6.42 Å². The van der Waals surface area contributed by atoms with Gasteiger partial charge in [-0.2, -0.15) is 4.98 Å². The molecule has 2 rings (SSSR count). The van der Waals surface area contributed by atoms with Crippen LogP contribution in [0.15, 0.2) is 24.4 Å². The van der Waals surface area contributed by atoms with Crippen LogP contribution in [0.5, 0.6) is 5.88 Å². The van der Waals surface area contributed by atoms with E-state index in [0.29, 0.717) is 43.6 Å². The molecule has 0 aliphatic carbocycles. The average molecular weight is 278 g/mol. The maximum atomic E-state index is 11.1. The summed E-state index contributed by atoms with van der Waals surface area (Å²) < 4.78 is 17.5. The average Bonchev–Trinajstić information content (AvgIpc) is 2.83. The molecule has 0 radical (unpaired) electrons. The van der Waals surface area contributed by atoms with E-state index < -0.39 is 0 Å². The lowest BCUT2D eigenvalue weighted by molar-refractivity contribution is 0.0792. The normalized spacial score (nSPS) is 10.8. The lowest BCUT2D eigenvalue weighted by Gasteiger charge is -2.05. The molecule has 6 nitrogen and oxygen atoms in total. The number of nitrogens with zero attached hydrogens (tertiary/aromatic N) is 2. The molecule has 0 spiro atoms. The number of aromatic nitrogens is 2. The summed E-state index contributed by atoms with van der Waals surface area (Å²) >= 11 is 0. The van der Waals surface area contributed by atoms with Gasteiger partial charge in [0.1, 0.15) is 17.9 Å². The van der Waals surface area contributed by atoms with Crippen LogP contribution in [0.2, 0.25) is 0 Å². The van der Waals surface area contributed by atoms with E-state index in [1.54, 1.807) is 17.7 Å². The highest BCUT2D eigenvalue weighted by molar-refractivity contribution is 5.78. The molecule has 2 heterocycles. The van der Waals surface area contributed by atoms with Gasteiger partial charge in [0.05, 0.1) is 6.61 Å². The van der Waals surface area contributed by atoms with Crippen LogP contribution < -0.4 is 4.74 Å². The molecule has 6 heteroatoms. The summed E-state index contributed by atoms with van der Waals surface area (Å²) in [6, 6.07) is 5.52. The Morgan fingerprint density at radius 3 is 2.95 bits per heavy atom. The highest BCUT2D eigenvalue weighted by atomic mass is 16.5. The fraction of sp³-hybridized carbons (Fsp3) is 0.429. The fourth-order valence-corrected chi connectivity index (χ4v) is 1.81. The third-order valence-electron chi connectivity index (χ3n) is 2.75. The molecule has 0 aromatic carbocycles. The molecule has 2 aromatic rings. The van der Waals surface area contributed by atoms with Gasteiger partial charge in [-0.1, -0.05) is 6.07 Å². The van der Waals surface area contributed by atoms with Gasteiger partial charge in [-0.3, -0.25) is 9.20 Å². The van der Waals surface area contributed by atoms with E-state index in [2.05, 4.69) is 4.98 Å². The number of imidazole rings is 1. The number of rotatable bonds is 9. The molecule has 0 fully saturated rings. The monoisotopic (exact) mass is 278 g/mol. The van der Waals surface area contributed by atoms with Gasteiger partial charge in [0.15, 0.2) is 6.29 Å². The largest absolute Gasteiger partial charge is 0.474 e. The Morgan fingerprint density at radius 2 is 2.15 bits per heavy atom. The van der Waals surface area contributed by atoms with Gasteiger partial charge in [-0.25, -0.2) is 0 Å². The van der Waals surface area contributed by atoms with Crippen LogP contribution in [-0.2, 0) is 9.47 Å². The van der Waals surface area contributed by atoms with Crippen LogP contribution in [-0.4, -0.2) is 49.2 Å². The zero-order valence-corrected chi connectivity index (χ0v) is 11.4. The van der Waals surface area contributed by atoms with E-state index in [1.165, 1.54) is 0 Å². The van der Waals surface area contributed by atoms with E-state index in [-0.39, 0.29) is 0 Å². The first-order chi connectivity index (χ1) is 9.86. The molecular weight excluding hydrogens is 260 g/mol. The SMILES string of the molecule is COCCCOCCOc1nc2ccccn2c1C=O. The summed E-state index contributed by atoms with van der Waals surface area (Å²) in [5.74, 6) is 0.340. The van der Waals surface area contributed by atoms with Gasteiger partial charge >= 0.3 is 0 Å². The summed E-state index contributed by atoms with van der Waals surface area (Å²) in [4.78, 5) is 15.4. The van der Waals surface area contributed by atoms with Crippen molar-refractivity contribution in [1.82, 2.24) is 9.38 Å². The van der Waals surface area contributed by atoms with E-state index in [0.717, 1.165) is 12.7 Å². The minimum absolute atomic E-state index is 0.340. The molecule has 0 aliphatic heterocycles. The summed E-state index contributed by atoms with van der Waals surface area (Å²) in [6.45, 7) is 2.12. The van der Waals surface area contributed by atoms with E-state index in [4.69, 9.17) is 14.2 Å². The lowest BCUT2D eigenvalue weighted by atomic mass is 10.4. The zero-order valence-electron chi connectivity index (χ0n) is 11.4. The van der Waals surface area contributed by atoms with E-state index in [9.17, 15) is 4.79 Å². The highest BCUT2D eigenvalue weighted by Gasteiger charge is 2.11. The van der Waals surface area contributed by atoms with Crippen molar-refractivity contribution in [2.24, 2.45) is 0 Å². The van der Waals surface area contributed by atoms with Crippen molar-refractivity contribution >= 4 is 11.9 Å². The van der Waals surface area contributed by atoms with Crippen LogP contribution in [0.25, 0.3) is 5.65 Å². The molecule has 108 valence electrons. The van der Waals surface area contributed by atoms with Gasteiger partial charge in [0.2, 0.25) is 5.88 Å². The van der Waals surface area contributed by atoms with Gasteiger partial charge in [0.25, 0.3) is 0 Å². The second kappa shape index (κ2) is 7.62. The number of ether oxygens (including phenoxy) is 3. The first-order valence-corrected chi connectivity index (χ1v) is 6.48. The summed E-state index contributed by atoms with van der Waals surface area (Å²) in [7, 11) is 1.66. The minimum atomic E-state index is 0.340. The van der Waals surface area contributed by atoms with Crippen LogP contribution >= 0.6 is 0 Å². The van der Waals surface area contributed by atoms with Crippen LogP contribution in [0.3, 0.4) is 0 Å². The molecule has 2 aromatic heterocycles. The van der Waals surface area contributed by atoms with Gasteiger partial charge < -0.3 is 14.2 Å². The molecule has 0 N–H and O–H groups in total. The van der Waals surface area contributed by atoms with Crippen molar-refractivity contribution < 1.29 is 19.0 Å². The predicted octanol–water partition coefficient (Wildman–Crippen LogP) is 1.58. The molecular formula is C14H18N2O4. The van der Waals surface area contributed by atoms with Crippen LogP contribution in [0.1, 0.15) is 16.9 Å². The quantitative estimate of drug-likeness (QED) is 0.515. The number of aldehydes is 1. The number of carbonyl (C=O) groups is 1. The highest BCUT2D eigenvalue weighted by Crippen LogP contribution is 2.17. The third kappa shape index (κ3) is 3.55. The number of hydrogen-bond acceptors (Lipinski definition) is 5. The van der Waals surface area contributed by atoms with Crippen molar-refractivity contribution in [3.05, 3.63) is 30.1 Å². The van der Waals surface area contributed by atoms with Crippen LogP contribution in [0.4, 0.5) is 0 Å². The predicted molar refractivity (Wildman–Crippen MR) is 73.4 cm³/mol. The van der Waals surface area contributed by atoms with E-state index >= 15 is 0 Å². The topological polar surface area (TPSA) is 62.1 Å². The van der Waals surface area contributed by atoms with Crippen molar-refractivity contribution in [2.75, 3.05) is 33.5 Å². The fourth-order valence-electron chi connectivity index (χ4n) is 1.81. The molecule has 0 saturated carbocycles. The molecule has 0 aliphatic rings. The summed E-state index contributed by atoms with van der Waals surface area (Å²) in [6.07, 6.45) is 3.37. The van der Waals surface area contributed by atoms with Gasteiger partial charge in [0, 0.05) is 26.5 Å². The molecule has 0 unspecified atom stereocenters. The van der Waals surface area contributed by atoms with Gasteiger partial charge in [-0.15, -0.1) is 0 Å². The maximum absolute atomic E-state index is 11.1. The Balaban J connectivity index is 1.85.